The first-order valence-corrected chi connectivity index (χ1v) is 25.6. The zero-order valence-electron chi connectivity index (χ0n) is 43.3. The Balaban J connectivity index is 0.796. The molecule has 1 fully saturated rings. The number of pyridine rings is 2. The van der Waals surface area contributed by atoms with Crippen LogP contribution in [0.1, 0.15) is 111 Å². The fourth-order valence-electron chi connectivity index (χ4n) is 10.4. The Labute approximate surface area is 441 Å². The Bertz CT molecular complexity index is 3140. The quantitative estimate of drug-likeness (QED) is 0.0222. The van der Waals surface area contributed by atoms with Crippen molar-refractivity contribution in [3.05, 3.63) is 97.6 Å². The van der Waals surface area contributed by atoms with Crippen LogP contribution in [0, 0.1) is 18.2 Å². The van der Waals surface area contributed by atoms with Crippen molar-refractivity contribution in [2.24, 2.45) is 5.41 Å². The molecule has 408 valence electrons. The topological polar surface area (TPSA) is 303 Å². The number of esters is 1. The van der Waals surface area contributed by atoms with Gasteiger partial charge in [0.1, 0.15) is 31.8 Å². The summed E-state index contributed by atoms with van der Waals surface area (Å²) in [5.74, 6) is -5.44. The molecule has 0 spiro atoms. The fraction of sp³-hybridized carbons (Fsp3) is 0.463. The molecule has 3 atom stereocenters. The second-order valence-corrected chi connectivity index (χ2v) is 20.4. The number of aromatic nitrogens is 2. The number of fused-ring (bicyclic) bond motifs is 5. The molecule has 2 aromatic heterocycles. The summed E-state index contributed by atoms with van der Waals surface area (Å²) in [6, 6.07) is 9.84. The Morgan fingerprint density at radius 3 is 2.32 bits per heavy atom. The van der Waals surface area contributed by atoms with Crippen LogP contribution in [-0.4, -0.2) is 118 Å². The normalized spacial score (nSPS) is 18.1. The highest BCUT2D eigenvalue weighted by molar-refractivity contribution is 6.05. The Hall–Kier alpha value is -7.92. The largest absolute Gasteiger partial charge is 0.458 e. The highest BCUT2D eigenvalue weighted by Crippen LogP contribution is 2.46. The Kier molecular flexibility index (Phi) is 16.6. The molecule has 5 heterocycles. The van der Waals surface area contributed by atoms with Crippen molar-refractivity contribution >= 4 is 64.1 Å². The lowest BCUT2D eigenvalue weighted by Crippen LogP contribution is -2.52. The standard InChI is InChI=1S/C54H62FN9O13/c1-5-54(75)34-19-39-48-32(25-64(39)50(72)33(34)26-77-52(54)74)47-36(16-15-31-29(2)35(55)20-37(62-48)46(31)47)60-44(69)27-76-28-59-42(67)23-58-49(71)38(18-30-12-8-6-9-13-30)61-43(68)24-57-41(66)22-56-40(65)14-10-7-11-17-63-45(70)21-53(3,4)51(63)73/h6,8-9,12-13,19-20,36,38,75H,5,7,10-11,14-18,21-28H2,1-4H3,(H,56,65)(H,57,66)(H,58,71)(H,59,67)(H,60,69)(H,61,68)/t36-,38-,54-/m0/s1. The van der Waals surface area contributed by atoms with Crippen molar-refractivity contribution in [1.29, 1.82) is 0 Å². The number of likely N-dealkylation sites (tertiary alicyclic amines) is 1. The number of nitrogens with one attached hydrogen (secondary N) is 6. The molecule has 77 heavy (non-hydrogen) atoms. The van der Waals surface area contributed by atoms with Crippen LogP contribution in [0.4, 0.5) is 4.39 Å². The minimum atomic E-state index is -2.05. The summed E-state index contributed by atoms with van der Waals surface area (Å²) in [7, 11) is 0. The molecule has 4 aliphatic rings. The number of ether oxygens (including phenoxy) is 2. The first-order chi connectivity index (χ1) is 36.7. The Morgan fingerprint density at radius 2 is 1.60 bits per heavy atom. The van der Waals surface area contributed by atoms with Crippen LogP contribution in [-0.2, 0) is 84.2 Å². The number of nitrogens with zero attached hydrogens (tertiary/aromatic N) is 3. The number of imide groups is 1. The number of aryl methyl sites for hydroxylation is 1. The number of amides is 8. The van der Waals surface area contributed by atoms with E-state index in [0.717, 1.165) is 5.56 Å². The lowest BCUT2D eigenvalue weighted by molar-refractivity contribution is -0.172. The van der Waals surface area contributed by atoms with E-state index in [-0.39, 0.29) is 68.3 Å². The number of unbranched alkanes of at least 4 members (excludes halogenated alkanes) is 2. The molecule has 0 unspecified atom stereocenters. The smallest absolute Gasteiger partial charge is 0.343 e. The summed E-state index contributed by atoms with van der Waals surface area (Å²) in [6.07, 6.45) is 2.64. The van der Waals surface area contributed by atoms with E-state index in [2.05, 4.69) is 31.9 Å². The first kappa shape index (κ1) is 55.3. The van der Waals surface area contributed by atoms with E-state index in [9.17, 15) is 53.1 Å². The number of hydrogen-bond donors (Lipinski definition) is 7. The highest BCUT2D eigenvalue weighted by Gasteiger charge is 2.47. The molecule has 7 N–H and O–H groups in total. The van der Waals surface area contributed by atoms with E-state index >= 15 is 4.39 Å². The van der Waals surface area contributed by atoms with Crippen LogP contribution >= 0.6 is 0 Å². The lowest BCUT2D eigenvalue weighted by Gasteiger charge is -2.31. The third kappa shape index (κ3) is 11.9. The summed E-state index contributed by atoms with van der Waals surface area (Å²) in [6.45, 7) is 4.39. The molecule has 3 aliphatic heterocycles. The first-order valence-electron chi connectivity index (χ1n) is 25.6. The average molecular weight is 1060 g/mol. The number of cyclic esters (lactones) is 1. The van der Waals surface area contributed by atoms with Crippen LogP contribution < -0.4 is 37.5 Å². The molecule has 23 heteroatoms. The van der Waals surface area contributed by atoms with Gasteiger partial charge in [0, 0.05) is 48.4 Å². The molecule has 8 amide bonds. The second kappa shape index (κ2) is 23.1. The van der Waals surface area contributed by atoms with Gasteiger partial charge in [0.05, 0.1) is 60.1 Å². The summed E-state index contributed by atoms with van der Waals surface area (Å²) in [5, 5.41) is 27.4. The van der Waals surface area contributed by atoms with Crippen molar-refractivity contribution in [2.45, 2.75) is 116 Å². The molecular weight excluding hydrogens is 1000 g/mol. The summed E-state index contributed by atoms with van der Waals surface area (Å²) >= 11 is 0. The summed E-state index contributed by atoms with van der Waals surface area (Å²) < 4.78 is 27.5. The molecule has 8 rings (SSSR count). The maximum atomic E-state index is 15.4. The SMILES string of the molecule is CC[C@@]1(O)C(=O)OCc2c1cc1n(c2=O)Cc2c-1nc1cc(F)c(C)c3c1c2[C@@H](NC(=O)COCNC(=O)CNC(=O)[C@H](Cc1ccccc1)NC(=O)CNC(=O)CNC(=O)CCCCCN1C(=O)CC(C)(C)C1=O)CC3. The molecule has 1 saturated heterocycles. The van der Waals surface area contributed by atoms with Crippen LogP contribution in [0.3, 0.4) is 0 Å². The van der Waals surface area contributed by atoms with Gasteiger partial charge >= 0.3 is 5.97 Å². The molecule has 2 aromatic carbocycles. The zero-order chi connectivity index (χ0) is 55.3. The number of aliphatic hydroxyl groups is 1. The third-order valence-corrected chi connectivity index (χ3v) is 14.6. The van der Waals surface area contributed by atoms with Gasteiger partial charge in [0.2, 0.25) is 47.3 Å². The van der Waals surface area contributed by atoms with E-state index in [1.54, 1.807) is 64.1 Å². The predicted molar refractivity (Wildman–Crippen MR) is 272 cm³/mol. The number of halogens is 1. The van der Waals surface area contributed by atoms with Gasteiger partial charge in [-0.25, -0.2) is 14.2 Å². The van der Waals surface area contributed by atoms with Gasteiger partial charge in [-0.1, -0.05) is 57.5 Å². The molecule has 22 nitrogen and oxygen atoms in total. The number of benzene rings is 2. The Morgan fingerprint density at radius 1 is 0.883 bits per heavy atom. The summed E-state index contributed by atoms with van der Waals surface area (Å²) in [4.78, 5) is 135. The lowest BCUT2D eigenvalue weighted by atomic mass is 9.81. The third-order valence-electron chi connectivity index (χ3n) is 14.6. The van der Waals surface area contributed by atoms with Crippen LogP contribution in [0.5, 0.6) is 0 Å². The van der Waals surface area contributed by atoms with Crippen molar-refractivity contribution in [3.8, 4) is 11.4 Å². The van der Waals surface area contributed by atoms with E-state index in [1.807, 2.05) is 0 Å². The highest BCUT2D eigenvalue weighted by atomic mass is 19.1. The van der Waals surface area contributed by atoms with Crippen LogP contribution in [0.15, 0.2) is 47.3 Å². The molecule has 0 saturated carbocycles. The van der Waals surface area contributed by atoms with Gasteiger partial charge in [0.15, 0.2) is 5.60 Å². The minimum Gasteiger partial charge on any atom is -0.458 e. The summed E-state index contributed by atoms with van der Waals surface area (Å²) in [5.41, 5.74) is 1.14. The maximum Gasteiger partial charge on any atom is 0.343 e. The molecule has 0 radical (unpaired) electrons. The van der Waals surface area contributed by atoms with Gasteiger partial charge in [-0.3, -0.25) is 48.1 Å². The van der Waals surface area contributed by atoms with Crippen LogP contribution in [0.25, 0.3) is 22.3 Å². The van der Waals surface area contributed by atoms with E-state index in [1.165, 1.54) is 15.5 Å². The number of carbonyl (C=O) groups excluding carboxylic acids is 9. The number of carbonyl (C=O) groups is 9. The van der Waals surface area contributed by atoms with Crippen molar-refractivity contribution in [2.75, 3.05) is 39.5 Å². The van der Waals surface area contributed by atoms with Crippen molar-refractivity contribution in [1.82, 2.24) is 46.4 Å². The second-order valence-electron chi connectivity index (χ2n) is 20.4. The van der Waals surface area contributed by atoms with E-state index in [4.69, 9.17) is 14.5 Å². The fourth-order valence-corrected chi connectivity index (χ4v) is 10.4. The number of hydrogen-bond acceptors (Lipinski definition) is 14. The van der Waals surface area contributed by atoms with E-state index < -0.39 is 109 Å². The minimum absolute atomic E-state index is 0.0377. The predicted octanol–water partition coefficient (Wildman–Crippen LogP) is 1.14. The van der Waals surface area contributed by atoms with E-state index in [0.29, 0.717) is 76.6 Å². The van der Waals surface area contributed by atoms with Gasteiger partial charge in [-0.05, 0) is 67.3 Å². The van der Waals surface area contributed by atoms with Crippen LogP contribution in [0.2, 0.25) is 0 Å². The van der Waals surface area contributed by atoms with Gasteiger partial charge in [-0.2, -0.15) is 0 Å². The van der Waals surface area contributed by atoms with Gasteiger partial charge in [-0.15, -0.1) is 0 Å². The molecule has 4 aromatic rings. The monoisotopic (exact) mass is 1060 g/mol. The van der Waals surface area contributed by atoms with Gasteiger partial charge in [0.25, 0.3) is 5.56 Å². The molecular formula is C54H62FN9O13. The number of rotatable bonds is 22. The van der Waals surface area contributed by atoms with Crippen molar-refractivity contribution < 1.29 is 62.1 Å². The molecule has 1 aliphatic carbocycles. The maximum absolute atomic E-state index is 15.4. The zero-order valence-corrected chi connectivity index (χ0v) is 43.3. The van der Waals surface area contributed by atoms with Crippen molar-refractivity contribution in [3.63, 3.8) is 0 Å². The average Bonchev–Trinajstić information content (AvgIpc) is 3.98. The van der Waals surface area contributed by atoms with Gasteiger partial charge < -0.3 is 51.0 Å². The molecule has 0 bridgehead atoms.